The van der Waals surface area contributed by atoms with Gasteiger partial charge in [-0.15, -0.1) is 10.2 Å². The predicted molar refractivity (Wildman–Crippen MR) is 84.1 cm³/mol. The van der Waals surface area contributed by atoms with Gasteiger partial charge in [0.05, 0.1) is 18.4 Å². The lowest BCUT2D eigenvalue weighted by molar-refractivity contribution is 0.341. The summed E-state index contributed by atoms with van der Waals surface area (Å²) in [5.74, 6) is 2.89. The van der Waals surface area contributed by atoms with Crippen LogP contribution >= 0.6 is 11.8 Å². The zero-order valence-electron chi connectivity index (χ0n) is 12.4. The maximum absolute atomic E-state index is 5.73. The number of thioether (sulfide) groups is 1. The van der Waals surface area contributed by atoms with Crippen LogP contribution in [0.1, 0.15) is 11.3 Å². The van der Waals surface area contributed by atoms with Crippen molar-refractivity contribution in [2.24, 2.45) is 0 Å². The number of para-hydroxylation sites is 1. The molecule has 2 heterocycles. The van der Waals surface area contributed by atoms with E-state index in [1.54, 1.807) is 6.26 Å². The summed E-state index contributed by atoms with van der Waals surface area (Å²) < 4.78 is 16.6. The van der Waals surface area contributed by atoms with Crippen molar-refractivity contribution in [3.8, 4) is 17.2 Å². The lowest BCUT2D eigenvalue weighted by Gasteiger charge is -2.07. The molecule has 0 aliphatic carbocycles. The van der Waals surface area contributed by atoms with E-state index in [9.17, 15) is 0 Å². The highest BCUT2D eigenvalue weighted by molar-refractivity contribution is 7.99. The summed E-state index contributed by atoms with van der Waals surface area (Å²) in [7, 11) is 0. The topological polar surface area (TPSA) is 61.3 Å². The minimum Gasteiger partial charge on any atom is -0.492 e. The second-order valence-corrected chi connectivity index (χ2v) is 5.77. The average molecular weight is 316 g/mol. The maximum Gasteiger partial charge on any atom is 0.276 e. The number of aryl methyl sites for hydroxylation is 2. The lowest BCUT2D eigenvalue weighted by Crippen LogP contribution is -2.01. The van der Waals surface area contributed by atoms with Gasteiger partial charge in [0.1, 0.15) is 11.5 Å². The van der Waals surface area contributed by atoms with Crippen molar-refractivity contribution < 1.29 is 13.6 Å². The first-order valence-electron chi connectivity index (χ1n) is 6.93. The van der Waals surface area contributed by atoms with Crippen LogP contribution in [-0.4, -0.2) is 22.6 Å². The fourth-order valence-corrected chi connectivity index (χ4v) is 2.56. The Morgan fingerprint density at radius 2 is 2.00 bits per heavy atom. The summed E-state index contributed by atoms with van der Waals surface area (Å²) in [6.07, 6.45) is 1.61. The Morgan fingerprint density at radius 1 is 1.14 bits per heavy atom. The van der Waals surface area contributed by atoms with Crippen molar-refractivity contribution in [3.05, 3.63) is 47.9 Å². The first-order valence-corrected chi connectivity index (χ1v) is 7.92. The van der Waals surface area contributed by atoms with Gasteiger partial charge in [-0.3, -0.25) is 0 Å². The van der Waals surface area contributed by atoms with Gasteiger partial charge in [0, 0.05) is 5.75 Å². The summed E-state index contributed by atoms with van der Waals surface area (Å²) in [6.45, 7) is 4.47. The number of rotatable bonds is 6. The van der Waals surface area contributed by atoms with Crippen LogP contribution < -0.4 is 4.74 Å². The minimum atomic E-state index is 0.480. The third-order valence-corrected chi connectivity index (χ3v) is 3.94. The number of nitrogens with zero attached hydrogens (tertiary/aromatic N) is 2. The molecule has 114 valence electrons. The largest absolute Gasteiger partial charge is 0.492 e. The van der Waals surface area contributed by atoms with Gasteiger partial charge in [0.15, 0.2) is 0 Å². The molecule has 0 spiro atoms. The van der Waals surface area contributed by atoms with Crippen LogP contribution in [0.15, 0.2) is 50.7 Å². The van der Waals surface area contributed by atoms with E-state index in [4.69, 9.17) is 13.6 Å². The molecule has 0 saturated carbocycles. The Balaban J connectivity index is 1.52. The highest BCUT2D eigenvalue weighted by Gasteiger charge is 2.13. The van der Waals surface area contributed by atoms with Crippen molar-refractivity contribution in [3.63, 3.8) is 0 Å². The average Bonchev–Trinajstić information content (AvgIpc) is 3.14. The highest BCUT2D eigenvalue weighted by Crippen LogP contribution is 2.26. The quantitative estimate of drug-likeness (QED) is 0.503. The monoisotopic (exact) mass is 316 g/mol. The summed E-state index contributed by atoms with van der Waals surface area (Å²) in [5.41, 5.74) is 1.96. The molecule has 6 heteroatoms. The zero-order valence-corrected chi connectivity index (χ0v) is 13.2. The van der Waals surface area contributed by atoms with Gasteiger partial charge >= 0.3 is 0 Å². The molecule has 0 atom stereocenters. The Kier molecular flexibility index (Phi) is 4.48. The molecule has 1 aromatic carbocycles. The molecule has 0 fully saturated rings. The van der Waals surface area contributed by atoms with Crippen LogP contribution in [0.25, 0.3) is 11.5 Å². The third kappa shape index (κ3) is 3.33. The normalized spacial score (nSPS) is 10.8. The Hall–Kier alpha value is -2.21. The standard InChI is InChI=1S/C16H16N2O3S/c1-11-5-3-4-6-14(11)20-9-10-22-16-18-17-15(21-16)13-7-8-19-12(13)2/h3-8H,9-10H2,1-2H3. The number of ether oxygens (including phenoxy) is 1. The molecule has 0 N–H and O–H groups in total. The molecular weight excluding hydrogens is 300 g/mol. The van der Waals surface area contributed by atoms with E-state index in [0.717, 1.165) is 28.4 Å². The summed E-state index contributed by atoms with van der Waals surface area (Å²) in [6, 6.07) is 9.77. The molecule has 22 heavy (non-hydrogen) atoms. The van der Waals surface area contributed by atoms with Gasteiger partial charge in [0.2, 0.25) is 0 Å². The third-order valence-electron chi connectivity index (χ3n) is 3.16. The fourth-order valence-electron chi connectivity index (χ4n) is 1.98. The number of hydrogen-bond acceptors (Lipinski definition) is 6. The summed E-state index contributed by atoms with van der Waals surface area (Å²) in [4.78, 5) is 0. The number of hydrogen-bond donors (Lipinski definition) is 0. The van der Waals surface area contributed by atoms with E-state index in [-0.39, 0.29) is 0 Å². The van der Waals surface area contributed by atoms with Crippen LogP contribution in [0.4, 0.5) is 0 Å². The zero-order chi connectivity index (χ0) is 15.4. The molecule has 0 aliphatic rings. The first kappa shape index (κ1) is 14.7. The maximum atomic E-state index is 5.73. The van der Waals surface area contributed by atoms with E-state index < -0.39 is 0 Å². The Bertz CT molecular complexity index is 751. The smallest absolute Gasteiger partial charge is 0.276 e. The Morgan fingerprint density at radius 3 is 2.77 bits per heavy atom. The molecule has 0 unspecified atom stereocenters. The first-order chi connectivity index (χ1) is 10.7. The molecule has 0 saturated heterocycles. The van der Waals surface area contributed by atoms with Crippen molar-refractivity contribution >= 4 is 11.8 Å². The fraction of sp³-hybridized carbons (Fsp3) is 0.250. The van der Waals surface area contributed by atoms with E-state index in [0.29, 0.717) is 17.7 Å². The van der Waals surface area contributed by atoms with E-state index >= 15 is 0 Å². The molecule has 0 aliphatic heterocycles. The van der Waals surface area contributed by atoms with E-state index in [2.05, 4.69) is 10.2 Å². The van der Waals surface area contributed by atoms with Gasteiger partial charge in [-0.1, -0.05) is 30.0 Å². The number of aromatic nitrogens is 2. The van der Waals surface area contributed by atoms with E-state index in [1.165, 1.54) is 11.8 Å². The van der Waals surface area contributed by atoms with Gasteiger partial charge in [0.25, 0.3) is 11.1 Å². The van der Waals surface area contributed by atoms with Crippen LogP contribution in [0.5, 0.6) is 5.75 Å². The molecule has 3 rings (SSSR count). The van der Waals surface area contributed by atoms with E-state index in [1.807, 2.05) is 44.2 Å². The SMILES string of the molecule is Cc1ccccc1OCCSc1nnc(-c2ccoc2C)o1. The minimum absolute atomic E-state index is 0.480. The molecule has 0 amide bonds. The second kappa shape index (κ2) is 6.70. The summed E-state index contributed by atoms with van der Waals surface area (Å²) >= 11 is 1.47. The molecule has 0 radical (unpaired) electrons. The van der Waals surface area contributed by atoms with Crippen LogP contribution in [-0.2, 0) is 0 Å². The molecular formula is C16H16N2O3S. The van der Waals surface area contributed by atoms with Crippen molar-refractivity contribution in [1.82, 2.24) is 10.2 Å². The van der Waals surface area contributed by atoms with Crippen molar-refractivity contribution in [2.45, 2.75) is 19.1 Å². The lowest BCUT2D eigenvalue weighted by atomic mass is 10.2. The number of furan rings is 1. The van der Waals surface area contributed by atoms with Crippen molar-refractivity contribution in [1.29, 1.82) is 0 Å². The number of benzene rings is 1. The van der Waals surface area contributed by atoms with Gasteiger partial charge in [-0.2, -0.15) is 0 Å². The van der Waals surface area contributed by atoms with Gasteiger partial charge in [-0.25, -0.2) is 0 Å². The van der Waals surface area contributed by atoms with Crippen molar-refractivity contribution in [2.75, 3.05) is 12.4 Å². The van der Waals surface area contributed by atoms with Gasteiger partial charge < -0.3 is 13.6 Å². The van der Waals surface area contributed by atoms with Crippen LogP contribution in [0, 0.1) is 13.8 Å². The summed E-state index contributed by atoms with van der Waals surface area (Å²) in [5, 5.41) is 8.59. The highest BCUT2D eigenvalue weighted by atomic mass is 32.2. The molecule has 3 aromatic rings. The predicted octanol–water partition coefficient (Wildman–Crippen LogP) is 4.12. The molecule has 2 aromatic heterocycles. The van der Waals surface area contributed by atoms with Crippen LogP contribution in [0.2, 0.25) is 0 Å². The second-order valence-electron chi connectivity index (χ2n) is 4.73. The molecule has 0 bridgehead atoms. The Labute approximate surface area is 132 Å². The molecule has 5 nitrogen and oxygen atoms in total. The van der Waals surface area contributed by atoms with Crippen LogP contribution in [0.3, 0.4) is 0 Å². The van der Waals surface area contributed by atoms with Gasteiger partial charge in [-0.05, 0) is 31.5 Å².